The molecule has 0 aromatic rings. The first kappa shape index (κ1) is 11.5. The Hall–Kier alpha value is -0.590. The van der Waals surface area contributed by atoms with Gasteiger partial charge < -0.3 is 0 Å². The monoisotopic (exact) mass is 194 g/mol. The Balaban J connectivity index is 2.54. The molecule has 3 atom stereocenters. The molecule has 80 valence electrons. The van der Waals surface area contributed by atoms with Crippen molar-refractivity contribution in [3.05, 3.63) is 12.7 Å². The van der Waals surface area contributed by atoms with E-state index in [2.05, 4.69) is 20.4 Å². The quantitative estimate of drug-likeness (QED) is 0.625. The van der Waals surface area contributed by atoms with Crippen molar-refractivity contribution in [2.75, 3.05) is 0 Å². The summed E-state index contributed by atoms with van der Waals surface area (Å²) in [5.74, 6) is 1.87. The van der Waals surface area contributed by atoms with Crippen LogP contribution in [-0.4, -0.2) is 5.78 Å². The second kappa shape index (κ2) is 5.33. The maximum atomic E-state index is 11.7. The van der Waals surface area contributed by atoms with Crippen molar-refractivity contribution in [2.24, 2.45) is 17.8 Å². The van der Waals surface area contributed by atoms with Gasteiger partial charge in [0.15, 0.2) is 0 Å². The molecule has 1 aliphatic carbocycles. The zero-order valence-electron chi connectivity index (χ0n) is 9.46. The minimum Gasteiger partial charge on any atom is -0.299 e. The fourth-order valence-corrected chi connectivity index (χ4v) is 2.48. The lowest BCUT2D eigenvalue weighted by Gasteiger charge is -2.30. The number of carbonyl (C=O) groups excluding carboxylic acids is 1. The summed E-state index contributed by atoms with van der Waals surface area (Å²) in [5.41, 5.74) is 0. The van der Waals surface area contributed by atoms with Crippen LogP contribution >= 0.6 is 0 Å². The van der Waals surface area contributed by atoms with E-state index in [0.717, 1.165) is 25.2 Å². The van der Waals surface area contributed by atoms with Crippen LogP contribution in [0, 0.1) is 17.8 Å². The van der Waals surface area contributed by atoms with Crippen LogP contribution in [0.5, 0.6) is 0 Å². The van der Waals surface area contributed by atoms with Gasteiger partial charge in [-0.15, -0.1) is 6.58 Å². The lowest BCUT2D eigenvalue weighted by molar-refractivity contribution is -0.126. The van der Waals surface area contributed by atoms with E-state index in [1.54, 1.807) is 0 Å². The normalized spacial score (nSPS) is 30.0. The summed E-state index contributed by atoms with van der Waals surface area (Å²) in [4.78, 5) is 11.7. The van der Waals surface area contributed by atoms with Crippen molar-refractivity contribution in [2.45, 2.75) is 46.0 Å². The summed E-state index contributed by atoms with van der Waals surface area (Å²) in [7, 11) is 0. The van der Waals surface area contributed by atoms with Crippen LogP contribution in [0.15, 0.2) is 12.7 Å². The lowest BCUT2D eigenvalue weighted by atomic mass is 9.73. The molecule has 0 aromatic heterocycles. The van der Waals surface area contributed by atoms with Crippen LogP contribution in [0.2, 0.25) is 0 Å². The van der Waals surface area contributed by atoms with Gasteiger partial charge in [0.1, 0.15) is 5.78 Å². The van der Waals surface area contributed by atoms with E-state index >= 15 is 0 Å². The minimum atomic E-state index is 0.262. The molecule has 0 bridgehead atoms. The molecule has 0 spiro atoms. The first-order valence-electron chi connectivity index (χ1n) is 5.84. The number of carbonyl (C=O) groups is 1. The summed E-state index contributed by atoms with van der Waals surface area (Å²) in [5, 5.41) is 0. The van der Waals surface area contributed by atoms with Crippen molar-refractivity contribution in [3.63, 3.8) is 0 Å². The molecule has 14 heavy (non-hydrogen) atoms. The number of Topliss-reactive ketones (excluding diaryl/α,β-unsaturated/α-hetero) is 1. The number of hydrogen-bond donors (Lipinski definition) is 0. The summed E-state index contributed by atoms with van der Waals surface area (Å²) in [6.07, 6.45) is 7.47. The highest BCUT2D eigenvalue weighted by Crippen LogP contribution is 2.33. The second-order valence-electron chi connectivity index (χ2n) is 4.60. The van der Waals surface area contributed by atoms with E-state index < -0.39 is 0 Å². The Morgan fingerprint density at radius 3 is 2.93 bits per heavy atom. The topological polar surface area (TPSA) is 17.1 Å². The van der Waals surface area contributed by atoms with E-state index in [0.29, 0.717) is 11.7 Å². The van der Waals surface area contributed by atoms with Gasteiger partial charge in [-0.1, -0.05) is 32.8 Å². The SMILES string of the molecule is C=CC(C)C1CC(CCC)CCC1=O. The van der Waals surface area contributed by atoms with E-state index in [9.17, 15) is 4.79 Å². The fraction of sp³-hybridized carbons (Fsp3) is 0.769. The average molecular weight is 194 g/mol. The fourth-order valence-electron chi connectivity index (χ4n) is 2.48. The Kier molecular flexibility index (Phi) is 4.37. The third kappa shape index (κ3) is 2.70. The number of ketones is 1. The Labute approximate surface area is 87.6 Å². The summed E-state index contributed by atoms with van der Waals surface area (Å²) >= 11 is 0. The molecule has 0 aliphatic heterocycles. The third-order valence-corrected chi connectivity index (χ3v) is 3.50. The molecule has 1 rings (SSSR count). The highest BCUT2D eigenvalue weighted by Gasteiger charge is 2.30. The van der Waals surface area contributed by atoms with Gasteiger partial charge in [0.05, 0.1) is 0 Å². The molecule has 1 fully saturated rings. The van der Waals surface area contributed by atoms with Gasteiger partial charge >= 0.3 is 0 Å². The maximum absolute atomic E-state index is 11.7. The van der Waals surface area contributed by atoms with Crippen molar-refractivity contribution in [3.8, 4) is 0 Å². The molecule has 1 saturated carbocycles. The third-order valence-electron chi connectivity index (χ3n) is 3.50. The van der Waals surface area contributed by atoms with Crippen LogP contribution < -0.4 is 0 Å². The predicted octanol–water partition coefficient (Wildman–Crippen LogP) is 3.59. The maximum Gasteiger partial charge on any atom is 0.136 e. The van der Waals surface area contributed by atoms with Gasteiger partial charge in [0.2, 0.25) is 0 Å². The molecule has 0 amide bonds. The van der Waals surface area contributed by atoms with E-state index in [4.69, 9.17) is 0 Å². The Morgan fingerprint density at radius 2 is 2.36 bits per heavy atom. The molecular weight excluding hydrogens is 172 g/mol. The Bertz CT molecular complexity index is 207. The standard InChI is InChI=1S/C13H22O/c1-4-6-11-7-8-13(14)12(9-11)10(3)5-2/h5,10-12H,2,4,6-9H2,1,3H3. The molecule has 1 aliphatic rings. The van der Waals surface area contributed by atoms with E-state index in [-0.39, 0.29) is 5.92 Å². The van der Waals surface area contributed by atoms with Gasteiger partial charge in [-0.2, -0.15) is 0 Å². The highest BCUT2D eigenvalue weighted by atomic mass is 16.1. The molecule has 1 heteroatoms. The molecule has 0 heterocycles. The molecular formula is C13H22O. The van der Waals surface area contributed by atoms with E-state index in [1.165, 1.54) is 12.8 Å². The summed E-state index contributed by atoms with van der Waals surface area (Å²) < 4.78 is 0. The second-order valence-corrected chi connectivity index (χ2v) is 4.60. The van der Waals surface area contributed by atoms with E-state index in [1.807, 2.05) is 6.08 Å². The number of rotatable bonds is 4. The molecule has 0 N–H and O–H groups in total. The molecule has 0 aromatic carbocycles. The number of allylic oxidation sites excluding steroid dienone is 1. The first-order chi connectivity index (χ1) is 6.69. The van der Waals surface area contributed by atoms with Gasteiger partial charge in [-0.25, -0.2) is 0 Å². The smallest absolute Gasteiger partial charge is 0.136 e. The minimum absolute atomic E-state index is 0.262. The average Bonchev–Trinajstić information content (AvgIpc) is 2.20. The van der Waals surface area contributed by atoms with Crippen molar-refractivity contribution in [1.29, 1.82) is 0 Å². The predicted molar refractivity (Wildman–Crippen MR) is 60.1 cm³/mol. The first-order valence-corrected chi connectivity index (χ1v) is 5.84. The zero-order chi connectivity index (χ0) is 10.6. The van der Waals surface area contributed by atoms with Crippen LogP contribution in [-0.2, 0) is 4.79 Å². The Morgan fingerprint density at radius 1 is 1.64 bits per heavy atom. The molecule has 0 radical (unpaired) electrons. The van der Waals surface area contributed by atoms with Gasteiger partial charge in [0.25, 0.3) is 0 Å². The largest absolute Gasteiger partial charge is 0.299 e. The van der Waals surface area contributed by atoms with Crippen molar-refractivity contribution < 1.29 is 4.79 Å². The van der Waals surface area contributed by atoms with Gasteiger partial charge in [-0.3, -0.25) is 4.79 Å². The van der Waals surface area contributed by atoms with Crippen molar-refractivity contribution in [1.82, 2.24) is 0 Å². The van der Waals surface area contributed by atoms with Crippen LogP contribution in [0.1, 0.15) is 46.0 Å². The van der Waals surface area contributed by atoms with Crippen molar-refractivity contribution >= 4 is 5.78 Å². The highest BCUT2D eigenvalue weighted by molar-refractivity contribution is 5.82. The summed E-state index contributed by atoms with van der Waals surface area (Å²) in [6.45, 7) is 8.13. The molecule has 3 unspecified atom stereocenters. The molecule has 0 saturated heterocycles. The summed E-state index contributed by atoms with van der Waals surface area (Å²) in [6, 6.07) is 0. The van der Waals surface area contributed by atoms with Gasteiger partial charge in [0, 0.05) is 12.3 Å². The van der Waals surface area contributed by atoms with Crippen LogP contribution in [0.25, 0.3) is 0 Å². The molecule has 1 nitrogen and oxygen atoms in total. The lowest BCUT2D eigenvalue weighted by Crippen LogP contribution is -2.29. The van der Waals surface area contributed by atoms with Gasteiger partial charge in [-0.05, 0) is 24.7 Å². The van der Waals surface area contributed by atoms with Crippen LogP contribution in [0.3, 0.4) is 0 Å². The van der Waals surface area contributed by atoms with Crippen LogP contribution in [0.4, 0.5) is 0 Å². The number of hydrogen-bond acceptors (Lipinski definition) is 1. The zero-order valence-corrected chi connectivity index (χ0v) is 9.46.